The van der Waals surface area contributed by atoms with Gasteiger partial charge in [0.2, 0.25) is 0 Å². The van der Waals surface area contributed by atoms with E-state index in [2.05, 4.69) is 9.97 Å². The van der Waals surface area contributed by atoms with E-state index in [1.165, 1.54) is 6.26 Å². The Balaban J connectivity index is 3.20. The average molecular weight is 200 g/mol. The molecule has 1 aromatic rings. The zero-order valence-corrected chi connectivity index (χ0v) is 8.39. The summed E-state index contributed by atoms with van der Waals surface area (Å²) in [6, 6.07) is 0. The highest BCUT2D eigenvalue weighted by molar-refractivity contribution is 7.90. The number of nitrogen functional groups attached to an aromatic ring is 2. The lowest BCUT2D eigenvalue weighted by Crippen LogP contribution is -2.11. The summed E-state index contributed by atoms with van der Waals surface area (Å²) in [6.07, 6.45) is 2.16. The largest absolute Gasteiger partial charge is 0.609 e. The normalized spacial score (nSPS) is 12.8. The molecule has 0 amide bonds. The molecule has 0 saturated carbocycles. The van der Waals surface area contributed by atoms with Crippen molar-refractivity contribution in [2.45, 2.75) is 18.5 Å². The van der Waals surface area contributed by atoms with Gasteiger partial charge in [0.25, 0.3) is 0 Å². The molecular weight excluding hydrogens is 188 g/mol. The van der Waals surface area contributed by atoms with Crippen LogP contribution in [0.15, 0.2) is 5.16 Å². The van der Waals surface area contributed by atoms with Crippen molar-refractivity contribution in [1.82, 2.24) is 9.97 Å². The van der Waals surface area contributed by atoms with Gasteiger partial charge in [0.1, 0.15) is 17.9 Å². The van der Waals surface area contributed by atoms with Crippen LogP contribution in [-0.4, -0.2) is 20.8 Å². The van der Waals surface area contributed by atoms with Gasteiger partial charge >= 0.3 is 5.16 Å². The topological polar surface area (TPSA) is 101 Å². The molecule has 13 heavy (non-hydrogen) atoms. The molecule has 0 aliphatic carbocycles. The van der Waals surface area contributed by atoms with Crippen LogP contribution in [0.3, 0.4) is 0 Å². The van der Waals surface area contributed by atoms with Crippen LogP contribution in [0.2, 0.25) is 0 Å². The quantitative estimate of drug-likeness (QED) is 0.514. The van der Waals surface area contributed by atoms with Crippen LogP contribution >= 0.6 is 0 Å². The zero-order valence-electron chi connectivity index (χ0n) is 7.57. The summed E-state index contributed by atoms with van der Waals surface area (Å²) in [5.41, 5.74) is 11.9. The van der Waals surface area contributed by atoms with Crippen molar-refractivity contribution < 1.29 is 4.55 Å². The fourth-order valence-electron chi connectivity index (χ4n) is 0.988. The molecule has 1 atom stereocenters. The van der Waals surface area contributed by atoms with Crippen LogP contribution in [0.1, 0.15) is 12.5 Å². The summed E-state index contributed by atoms with van der Waals surface area (Å²) >= 11 is -1.24. The standard InChI is InChI=1S/C7H12N4OS/c1-3-4-5(8)10-7(13(2)12)11-6(4)9/h3H2,1-2H3,(H4,8,9,10,11). The van der Waals surface area contributed by atoms with E-state index in [-0.39, 0.29) is 5.16 Å². The fourth-order valence-corrected chi connectivity index (χ4v) is 1.44. The molecule has 0 aromatic carbocycles. The lowest BCUT2D eigenvalue weighted by atomic mass is 10.2. The third kappa shape index (κ3) is 2.02. The van der Waals surface area contributed by atoms with Gasteiger partial charge in [-0.1, -0.05) is 6.92 Å². The van der Waals surface area contributed by atoms with Crippen molar-refractivity contribution in [3.63, 3.8) is 0 Å². The van der Waals surface area contributed by atoms with Crippen LogP contribution in [0, 0.1) is 0 Å². The van der Waals surface area contributed by atoms with Gasteiger partial charge in [0.15, 0.2) is 0 Å². The number of hydrogen-bond acceptors (Lipinski definition) is 5. The summed E-state index contributed by atoms with van der Waals surface area (Å²) < 4.78 is 11.0. The summed E-state index contributed by atoms with van der Waals surface area (Å²) in [4.78, 5) is 7.78. The molecule has 6 heteroatoms. The Morgan fingerprint density at radius 2 is 1.77 bits per heavy atom. The molecule has 4 N–H and O–H groups in total. The minimum absolute atomic E-state index is 0.187. The van der Waals surface area contributed by atoms with E-state index in [9.17, 15) is 4.55 Å². The maximum Gasteiger partial charge on any atom is 0.346 e. The zero-order chi connectivity index (χ0) is 10.0. The molecular formula is C7H12N4OS. The van der Waals surface area contributed by atoms with E-state index in [1.807, 2.05) is 6.92 Å². The second-order valence-corrected chi connectivity index (χ2v) is 3.84. The molecule has 0 fully saturated rings. The SMILES string of the molecule is CCc1c(N)nc([S+](C)[O-])nc1N. The maximum atomic E-state index is 11.0. The number of rotatable bonds is 2. The monoisotopic (exact) mass is 200 g/mol. The summed E-state index contributed by atoms with van der Waals surface area (Å²) in [6.45, 7) is 1.91. The van der Waals surface area contributed by atoms with Gasteiger partial charge in [-0.15, -0.1) is 0 Å². The predicted molar refractivity (Wildman–Crippen MR) is 52.6 cm³/mol. The first-order chi connectivity index (χ1) is 6.06. The maximum absolute atomic E-state index is 11.0. The number of aromatic nitrogens is 2. The molecule has 1 heterocycles. The van der Waals surface area contributed by atoms with Crippen molar-refractivity contribution in [2.24, 2.45) is 0 Å². The molecule has 0 spiro atoms. The Bertz CT molecular complexity index is 292. The molecule has 0 bridgehead atoms. The highest BCUT2D eigenvalue weighted by Crippen LogP contribution is 2.17. The molecule has 1 unspecified atom stereocenters. The van der Waals surface area contributed by atoms with Crippen molar-refractivity contribution >= 4 is 22.8 Å². The van der Waals surface area contributed by atoms with Crippen molar-refractivity contribution in [3.8, 4) is 0 Å². The number of nitrogens with zero attached hydrogens (tertiary/aromatic N) is 2. The van der Waals surface area contributed by atoms with Crippen LogP contribution in [-0.2, 0) is 17.6 Å². The summed E-state index contributed by atoms with van der Waals surface area (Å²) in [5.74, 6) is 0.639. The third-order valence-corrected chi connectivity index (χ3v) is 2.36. The van der Waals surface area contributed by atoms with Crippen molar-refractivity contribution in [3.05, 3.63) is 5.56 Å². The van der Waals surface area contributed by atoms with E-state index in [0.29, 0.717) is 23.6 Å². The number of hydrogen-bond donors (Lipinski definition) is 2. The molecule has 1 aromatic heterocycles. The van der Waals surface area contributed by atoms with Gasteiger partial charge < -0.3 is 16.0 Å². The van der Waals surface area contributed by atoms with E-state index in [0.717, 1.165) is 0 Å². The van der Waals surface area contributed by atoms with E-state index in [1.54, 1.807) is 0 Å². The summed E-state index contributed by atoms with van der Waals surface area (Å²) in [5, 5.41) is 0.187. The van der Waals surface area contributed by atoms with E-state index in [4.69, 9.17) is 11.5 Å². The first kappa shape index (κ1) is 10.1. The van der Waals surface area contributed by atoms with Gasteiger partial charge in [-0.05, 0) is 6.42 Å². The first-order valence-electron chi connectivity index (χ1n) is 3.81. The van der Waals surface area contributed by atoms with Crippen LogP contribution in [0.5, 0.6) is 0 Å². The molecule has 0 aliphatic heterocycles. The van der Waals surface area contributed by atoms with Crippen molar-refractivity contribution in [1.29, 1.82) is 0 Å². The molecule has 1 rings (SSSR count). The lowest BCUT2D eigenvalue weighted by molar-refractivity contribution is 0.592. The second-order valence-electron chi connectivity index (χ2n) is 2.56. The predicted octanol–water partition coefficient (Wildman–Crippen LogP) is -0.0592. The second kappa shape index (κ2) is 3.80. The first-order valence-corrected chi connectivity index (χ1v) is 5.37. The third-order valence-electron chi connectivity index (χ3n) is 1.66. The molecule has 72 valence electrons. The lowest BCUT2D eigenvalue weighted by Gasteiger charge is -2.07. The van der Waals surface area contributed by atoms with Gasteiger partial charge in [0.05, 0.1) is 0 Å². The molecule has 0 aliphatic rings. The highest BCUT2D eigenvalue weighted by atomic mass is 32.2. The Morgan fingerprint density at radius 3 is 2.08 bits per heavy atom. The fraction of sp³-hybridized carbons (Fsp3) is 0.429. The van der Waals surface area contributed by atoms with Crippen LogP contribution < -0.4 is 11.5 Å². The van der Waals surface area contributed by atoms with Crippen molar-refractivity contribution in [2.75, 3.05) is 17.7 Å². The van der Waals surface area contributed by atoms with Crippen LogP contribution in [0.25, 0.3) is 0 Å². The molecule has 0 saturated heterocycles. The van der Waals surface area contributed by atoms with Crippen LogP contribution in [0.4, 0.5) is 11.6 Å². The van der Waals surface area contributed by atoms with Gasteiger partial charge in [0, 0.05) is 16.7 Å². The Hall–Kier alpha value is -1.01. The van der Waals surface area contributed by atoms with Gasteiger partial charge in [-0.25, -0.2) is 0 Å². The molecule has 5 nitrogen and oxygen atoms in total. The Kier molecular flexibility index (Phi) is 2.94. The van der Waals surface area contributed by atoms with Gasteiger partial charge in [-0.3, -0.25) is 0 Å². The Labute approximate surface area is 79.7 Å². The minimum Gasteiger partial charge on any atom is -0.609 e. The van der Waals surface area contributed by atoms with E-state index >= 15 is 0 Å². The van der Waals surface area contributed by atoms with Gasteiger partial charge in [-0.2, -0.15) is 9.97 Å². The average Bonchev–Trinajstić information content (AvgIpc) is 2.03. The number of nitrogens with two attached hydrogens (primary N) is 2. The Morgan fingerprint density at radius 1 is 1.31 bits per heavy atom. The molecule has 0 radical (unpaired) electrons. The highest BCUT2D eigenvalue weighted by Gasteiger charge is 2.14. The van der Waals surface area contributed by atoms with E-state index < -0.39 is 11.2 Å². The number of anilines is 2. The smallest absolute Gasteiger partial charge is 0.346 e. The minimum atomic E-state index is -1.24. The summed E-state index contributed by atoms with van der Waals surface area (Å²) in [7, 11) is 0.